The zero-order valence-electron chi connectivity index (χ0n) is 13.7. The summed E-state index contributed by atoms with van der Waals surface area (Å²) >= 11 is 0. The average molecular weight is 298 g/mol. The zero-order valence-corrected chi connectivity index (χ0v) is 13.7. The summed E-state index contributed by atoms with van der Waals surface area (Å²) in [5, 5.41) is 15.2. The van der Waals surface area contributed by atoms with Gasteiger partial charge in [0.2, 0.25) is 0 Å². The molecule has 0 aromatic heterocycles. The van der Waals surface area contributed by atoms with Crippen molar-refractivity contribution in [3.63, 3.8) is 0 Å². The Labute approximate surface area is 127 Å². The van der Waals surface area contributed by atoms with Gasteiger partial charge in [0.15, 0.2) is 0 Å². The Morgan fingerprint density at radius 2 is 1.95 bits per heavy atom. The normalized spacial score (nSPS) is 27.2. The quantitative estimate of drug-likeness (QED) is 0.705. The molecule has 122 valence electrons. The van der Waals surface area contributed by atoms with E-state index >= 15 is 0 Å². The van der Waals surface area contributed by atoms with Gasteiger partial charge < -0.3 is 15.7 Å². The minimum Gasteiger partial charge on any atom is -0.480 e. The largest absolute Gasteiger partial charge is 0.480 e. The molecule has 0 saturated heterocycles. The highest BCUT2D eigenvalue weighted by Crippen LogP contribution is 2.32. The second kappa shape index (κ2) is 7.66. The Bertz CT molecular complexity index is 369. The van der Waals surface area contributed by atoms with Gasteiger partial charge in [-0.3, -0.25) is 0 Å². The second-order valence-electron chi connectivity index (χ2n) is 6.55. The number of carbonyl (C=O) groups excluding carboxylic acids is 1. The van der Waals surface area contributed by atoms with Gasteiger partial charge in [0.1, 0.15) is 5.54 Å². The third-order valence-corrected chi connectivity index (χ3v) is 4.87. The van der Waals surface area contributed by atoms with Crippen LogP contribution in [0.15, 0.2) is 0 Å². The first-order valence-corrected chi connectivity index (χ1v) is 8.16. The fraction of sp³-hybridized carbons (Fsp3) is 0.875. The number of rotatable bonds is 6. The maximum absolute atomic E-state index is 12.2. The van der Waals surface area contributed by atoms with Crippen LogP contribution in [0.25, 0.3) is 0 Å². The lowest BCUT2D eigenvalue weighted by molar-refractivity contribution is -0.146. The van der Waals surface area contributed by atoms with Gasteiger partial charge in [-0.15, -0.1) is 0 Å². The average Bonchev–Trinajstić information content (AvgIpc) is 2.39. The number of urea groups is 1. The van der Waals surface area contributed by atoms with E-state index in [9.17, 15) is 14.7 Å². The first kappa shape index (κ1) is 17.8. The van der Waals surface area contributed by atoms with Crippen molar-refractivity contribution in [2.75, 3.05) is 0 Å². The topological polar surface area (TPSA) is 78.4 Å². The molecule has 3 N–H and O–H groups in total. The van der Waals surface area contributed by atoms with Gasteiger partial charge >= 0.3 is 12.0 Å². The molecule has 2 amide bonds. The fourth-order valence-electron chi connectivity index (χ4n) is 3.49. The Kier molecular flexibility index (Phi) is 6.49. The van der Waals surface area contributed by atoms with E-state index < -0.39 is 11.5 Å². The van der Waals surface area contributed by atoms with E-state index in [1.165, 1.54) is 0 Å². The highest BCUT2D eigenvalue weighted by Gasteiger charge is 2.43. The van der Waals surface area contributed by atoms with Gasteiger partial charge in [-0.2, -0.15) is 0 Å². The number of carboxylic acid groups (broad SMARTS) is 1. The maximum atomic E-state index is 12.2. The molecule has 1 aliphatic carbocycles. The van der Waals surface area contributed by atoms with Crippen LogP contribution in [0.5, 0.6) is 0 Å². The summed E-state index contributed by atoms with van der Waals surface area (Å²) < 4.78 is 0. The molecule has 3 unspecified atom stereocenters. The molecular weight excluding hydrogens is 268 g/mol. The summed E-state index contributed by atoms with van der Waals surface area (Å²) in [4.78, 5) is 23.8. The molecule has 0 aromatic carbocycles. The standard InChI is InChI=1S/C16H30N2O3/c1-5-13(6-2)12(4)17-15(21)18-16(14(19)20)9-7-8-11(3)10-16/h11-13H,5-10H2,1-4H3,(H,19,20)(H2,17,18,21). The number of carbonyl (C=O) groups is 2. The fourth-order valence-corrected chi connectivity index (χ4v) is 3.49. The van der Waals surface area contributed by atoms with Crippen LogP contribution in [0.1, 0.15) is 66.2 Å². The Morgan fingerprint density at radius 1 is 1.33 bits per heavy atom. The molecule has 1 fully saturated rings. The first-order valence-electron chi connectivity index (χ1n) is 8.16. The molecule has 0 spiro atoms. The van der Waals surface area contributed by atoms with Crippen LogP contribution in [0.3, 0.4) is 0 Å². The Hall–Kier alpha value is -1.26. The minimum atomic E-state index is -1.10. The first-order chi connectivity index (χ1) is 9.84. The summed E-state index contributed by atoms with van der Waals surface area (Å²) in [7, 11) is 0. The predicted molar refractivity (Wildman–Crippen MR) is 83.2 cm³/mol. The lowest BCUT2D eigenvalue weighted by Gasteiger charge is -2.37. The van der Waals surface area contributed by atoms with Crippen molar-refractivity contribution in [3.8, 4) is 0 Å². The van der Waals surface area contributed by atoms with Crippen LogP contribution in [-0.4, -0.2) is 28.7 Å². The van der Waals surface area contributed by atoms with Gasteiger partial charge in [0, 0.05) is 6.04 Å². The summed E-state index contributed by atoms with van der Waals surface area (Å²) in [5.41, 5.74) is -1.10. The van der Waals surface area contributed by atoms with Crippen molar-refractivity contribution in [1.82, 2.24) is 10.6 Å². The van der Waals surface area contributed by atoms with Crippen molar-refractivity contribution in [2.24, 2.45) is 11.8 Å². The number of aliphatic carboxylic acids is 1. The molecule has 0 heterocycles. The number of hydrogen-bond donors (Lipinski definition) is 3. The molecule has 5 heteroatoms. The molecule has 21 heavy (non-hydrogen) atoms. The molecular formula is C16H30N2O3. The van der Waals surface area contributed by atoms with Crippen molar-refractivity contribution in [3.05, 3.63) is 0 Å². The molecule has 1 saturated carbocycles. The van der Waals surface area contributed by atoms with E-state index in [4.69, 9.17) is 0 Å². The van der Waals surface area contributed by atoms with Gasteiger partial charge in [-0.25, -0.2) is 9.59 Å². The highest BCUT2D eigenvalue weighted by molar-refractivity contribution is 5.86. The van der Waals surface area contributed by atoms with Gasteiger partial charge in [-0.05, 0) is 31.6 Å². The van der Waals surface area contributed by atoms with Gasteiger partial charge in [0.25, 0.3) is 0 Å². The molecule has 5 nitrogen and oxygen atoms in total. The van der Waals surface area contributed by atoms with Crippen LogP contribution in [-0.2, 0) is 4.79 Å². The highest BCUT2D eigenvalue weighted by atomic mass is 16.4. The number of amides is 2. The van der Waals surface area contributed by atoms with E-state index in [-0.39, 0.29) is 12.1 Å². The molecule has 0 radical (unpaired) electrons. The van der Waals surface area contributed by atoms with Crippen molar-refractivity contribution in [2.45, 2.75) is 77.8 Å². The van der Waals surface area contributed by atoms with Crippen molar-refractivity contribution >= 4 is 12.0 Å². The monoisotopic (exact) mass is 298 g/mol. The third-order valence-electron chi connectivity index (χ3n) is 4.87. The van der Waals surface area contributed by atoms with Crippen LogP contribution < -0.4 is 10.6 Å². The summed E-state index contributed by atoms with van der Waals surface area (Å²) in [6.45, 7) is 8.23. The lowest BCUT2D eigenvalue weighted by atomic mass is 9.76. The SMILES string of the molecule is CCC(CC)C(C)NC(=O)NC1(C(=O)O)CCCC(C)C1. The van der Waals surface area contributed by atoms with Crippen LogP contribution in [0.4, 0.5) is 4.79 Å². The predicted octanol–water partition coefficient (Wildman–Crippen LogP) is 3.14. The van der Waals surface area contributed by atoms with Crippen molar-refractivity contribution in [1.29, 1.82) is 0 Å². The van der Waals surface area contributed by atoms with E-state index in [0.717, 1.165) is 25.7 Å². The van der Waals surface area contributed by atoms with Gasteiger partial charge in [-0.1, -0.05) is 46.5 Å². The second-order valence-corrected chi connectivity index (χ2v) is 6.55. The molecule has 1 aliphatic rings. The molecule has 1 rings (SSSR count). The van der Waals surface area contributed by atoms with Crippen molar-refractivity contribution < 1.29 is 14.7 Å². The molecule has 0 aromatic rings. The number of nitrogens with one attached hydrogen (secondary N) is 2. The van der Waals surface area contributed by atoms with Crippen LogP contribution >= 0.6 is 0 Å². The smallest absolute Gasteiger partial charge is 0.329 e. The Balaban J connectivity index is 2.67. The third kappa shape index (κ3) is 4.61. The molecule has 0 bridgehead atoms. The lowest BCUT2D eigenvalue weighted by Crippen LogP contribution is -2.60. The Morgan fingerprint density at radius 3 is 2.43 bits per heavy atom. The van der Waals surface area contributed by atoms with Gasteiger partial charge in [0.05, 0.1) is 0 Å². The zero-order chi connectivity index (χ0) is 16.0. The number of carboxylic acids is 1. The van der Waals surface area contributed by atoms with E-state index in [1.807, 2.05) is 13.8 Å². The van der Waals surface area contributed by atoms with Crippen LogP contribution in [0.2, 0.25) is 0 Å². The summed E-state index contributed by atoms with van der Waals surface area (Å²) in [5.74, 6) is -0.173. The molecule has 0 aliphatic heterocycles. The maximum Gasteiger partial charge on any atom is 0.329 e. The summed E-state index contributed by atoms with van der Waals surface area (Å²) in [6, 6.07) is -0.308. The number of hydrogen-bond acceptors (Lipinski definition) is 2. The van der Waals surface area contributed by atoms with E-state index in [0.29, 0.717) is 24.7 Å². The molecule has 3 atom stereocenters. The summed E-state index contributed by atoms with van der Waals surface area (Å²) in [6.07, 6.45) is 4.89. The van der Waals surface area contributed by atoms with Crippen LogP contribution in [0, 0.1) is 11.8 Å². The van der Waals surface area contributed by atoms with E-state index in [1.54, 1.807) is 0 Å². The van der Waals surface area contributed by atoms with E-state index in [2.05, 4.69) is 24.5 Å². The minimum absolute atomic E-state index is 0.0480.